The number of halogens is 1. The topological polar surface area (TPSA) is 79.0 Å². The lowest BCUT2D eigenvalue weighted by atomic mass is 10.2. The lowest BCUT2D eigenvalue weighted by molar-refractivity contribution is -0.116. The lowest BCUT2D eigenvalue weighted by Gasteiger charge is -2.03. The van der Waals surface area contributed by atoms with E-state index in [9.17, 15) is 9.90 Å². The Morgan fingerprint density at radius 3 is 2.84 bits per heavy atom. The van der Waals surface area contributed by atoms with Crippen LogP contribution in [0.15, 0.2) is 57.2 Å². The largest absolute Gasteiger partial charge is 0.493 e. The summed E-state index contributed by atoms with van der Waals surface area (Å²) in [6.07, 6.45) is 0. The molecule has 25 heavy (non-hydrogen) atoms. The van der Waals surface area contributed by atoms with Crippen LogP contribution >= 0.6 is 15.9 Å². The van der Waals surface area contributed by atoms with Gasteiger partial charge >= 0.3 is 0 Å². The van der Waals surface area contributed by atoms with Crippen molar-refractivity contribution < 1.29 is 9.90 Å². The Morgan fingerprint density at radius 2 is 2.08 bits per heavy atom. The van der Waals surface area contributed by atoms with Gasteiger partial charge < -0.3 is 15.0 Å². The second-order valence-electron chi connectivity index (χ2n) is 5.71. The summed E-state index contributed by atoms with van der Waals surface area (Å²) in [5.41, 5.74) is 3.04. The molecule has 7 heteroatoms. The number of aromatic hydroxyl groups is 1. The minimum atomic E-state index is -0.423. The third-order valence-corrected chi connectivity index (χ3v) is 4.32. The van der Waals surface area contributed by atoms with E-state index in [1.807, 2.05) is 49.4 Å². The van der Waals surface area contributed by atoms with E-state index in [-0.39, 0.29) is 18.1 Å². The van der Waals surface area contributed by atoms with Crippen molar-refractivity contribution in [3.05, 3.63) is 52.5 Å². The Bertz CT molecular complexity index is 979. The minimum absolute atomic E-state index is 0.0299. The summed E-state index contributed by atoms with van der Waals surface area (Å²) >= 11 is 3.40. The molecule has 128 valence electrons. The molecule has 0 aliphatic carbocycles. The zero-order valence-corrected chi connectivity index (χ0v) is 15.4. The highest BCUT2D eigenvalue weighted by molar-refractivity contribution is 9.10. The van der Waals surface area contributed by atoms with Gasteiger partial charge in [-0.3, -0.25) is 4.79 Å². The van der Waals surface area contributed by atoms with Crippen LogP contribution in [0.3, 0.4) is 0 Å². The second kappa shape index (κ2) is 7.06. The summed E-state index contributed by atoms with van der Waals surface area (Å²) < 4.78 is 2.46. The number of nitrogens with zero attached hydrogens (tertiary/aromatic N) is 3. The van der Waals surface area contributed by atoms with Gasteiger partial charge in [-0.2, -0.15) is 0 Å². The molecule has 0 radical (unpaired) electrons. The van der Waals surface area contributed by atoms with E-state index in [4.69, 9.17) is 0 Å². The zero-order valence-electron chi connectivity index (χ0n) is 13.8. The molecular weight excluding hydrogens is 384 g/mol. The van der Waals surface area contributed by atoms with Gasteiger partial charge in [0.1, 0.15) is 0 Å². The highest BCUT2D eigenvalue weighted by atomic mass is 79.9. The van der Waals surface area contributed by atoms with Crippen molar-refractivity contribution in [3.63, 3.8) is 0 Å². The Labute approximate surface area is 153 Å². The fourth-order valence-electron chi connectivity index (χ4n) is 2.56. The molecule has 1 aromatic heterocycles. The molecule has 0 fully saturated rings. The monoisotopic (exact) mass is 400 g/mol. The van der Waals surface area contributed by atoms with Gasteiger partial charge in [-0.15, -0.1) is 10.2 Å². The fourth-order valence-corrected chi connectivity index (χ4v) is 2.92. The van der Waals surface area contributed by atoms with Crippen LogP contribution in [0.2, 0.25) is 0 Å². The average Bonchev–Trinajstić information content (AvgIpc) is 2.82. The van der Waals surface area contributed by atoms with Gasteiger partial charge in [0.25, 0.3) is 5.91 Å². The Kier molecular flexibility index (Phi) is 4.85. The highest BCUT2D eigenvalue weighted by Crippen LogP contribution is 2.39. The lowest BCUT2D eigenvalue weighted by Crippen LogP contribution is -2.10. The predicted octanol–water partition coefficient (Wildman–Crippen LogP) is 4.68. The summed E-state index contributed by atoms with van der Waals surface area (Å²) in [5.74, 6) is -0.454. The van der Waals surface area contributed by atoms with Crippen molar-refractivity contribution in [2.45, 2.75) is 6.92 Å². The molecule has 2 aromatic carbocycles. The molecule has 2 N–H and O–H groups in total. The zero-order chi connectivity index (χ0) is 18.0. The summed E-state index contributed by atoms with van der Waals surface area (Å²) in [5, 5.41) is 21.6. The maximum absolute atomic E-state index is 12.0. The number of hydrogen-bond donors (Lipinski definition) is 2. The maximum Gasteiger partial charge on any atom is 0.283 e. The fraction of sp³-hybridized carbons (Fsp3) is 0.167. The van der Waals surface area contributed by atoms with E-state index in [0.717, 1.165) is 26.6 Å². The number of carbonyl (C=O) groups is 1. The van der Waals surface area contributed by atoms with Crippen molar-refractivity contribution in [1.82, 2.24) is 4.57 Å². The van der Waals surface area contributed by atoms with E-state index in [0.29, 0.717) is 0 Å². The highest BCUT2D eigenvalue weighted by Gasteiger charge is 2.15. The molecular formula is C18H17BrN4O2. The normalized spacial score (nSPS) is 11.3. The molecule has 1 heterocycles. The first-order chi connectivity index (χ1) is 12.0. The van der Waals surface area contributed by atoms with Gasteiger partial charge in [-0.05, 0) is 42.8 Å². The number of carbonyl (C=O) groups excluding carboxylic acids is 1. The van der Waals surface area contributed by atoms with Crippen LogP contribution in [-0.2, 0) is 11.8 Å². The molecule has 0 bridgehead atoms. The molecule has 6 nitrogen and oxygen atoms in total. The van der Waals surface area contributed by atoms with Gasteiger partial charge in [-0.25, -0.2) is 0 Å². The number of rotatable bonds is 4. The van der Waals surface area contributed by atoms with Crippen molar-refractivity contribution in [1.29, 1.82) is 0 Å². The van der Waals surface area contributed by atoms with Crippen LogP contribution in [0, 0.1) is 6.92 Å². The third kappa shape index (κ3) is 3.71. The van der Waals surface area contributed by atoms with Gasteiger partial charge in [0.15, 0.2) is 5.69 Å². The number of hydrogen-bond acceptors (Lipinski definition) is 4. The first kappa shape index (κ1) is 17.2. The predicted molar refractivity (Wildman–Crippen MR) is 101 cm³/mol. The standard InChI is InChI=1S/C18H17BrN4O2/c1-11-4-3-5-13(8-11)20-10-16(24)21-22-17-14-9-12(19)6-7-15(14)23(2)18(17)25/h3-9,20,25H,10H2,1-2H3. The molecule has 3 rings (SSSR count). The van der Waals surface area contributed by atoms with E-state index in [2.05, 4.69) is 31.5 Å². The molecule has 0 aliphatic heterocycles. The quantitative estimate of drug-likeness (QED) is 0.624. The van der Waals surface area contributed by atoms with Crippen LogP contribution in [0.1, 0.15) is 5.56 Å². The third-order valence-electron chi connectivity index (χ3n) is 3.83. The van der Waals surface area contributed by atoms with Gasteiger partial charge in [0, 0.05) is 22.6 Å². The molecule has 1 amide bonds. The molecule has 3 aromatic rings. The van der Waals surface area contributed by atoms with Crippen molar-refractivity contribution in [2.75, 3.05) is 11.9 Å². The Hall–Kier alpha value is -2.67. The molecule has 0 saturated carbocycles. The number of amides is 1. The van der Waals surface area contributed by atoms with Crippen LogP contribution in [0.5, 0.6) is 5.88 Å². The maximum atomic E-state index is 12.0. The number of fused-ring (bicyclic) bond motifs is 1. The van der Waals surface area contributed by atoms with E-state index in [1.165, 1.54) is 0 Å². The number of aryl methyl sites for hydroxylation is 2. The Balaban J connectivity index is 1.77. The SMILES string of the molecule is Cc1cccc(NCC(=O)N=Nc2c(O)n(C)c3ccc(Br)cc23)c1. The van der Waals surface area contributed by atoms with Gasteiger partial charge in [-0.1, -0.05) is 28.1 Å². The van der Waals surface area contributed by atoms with E-state index < -0.39 is 5.91 Å². The average molecular weight is 401 g/mol. The summed E-state index contributed by atoms with van der Waals surface area (Å²) in [4.78, 5) is 12.0. The van der Waals surface area contributed by atoms with E-state index >= 15 is 0 Å². The number of aromatic nitrogens is 1. The molecule has 0 spiro atoms. The van der Waals surface area contributed by atoms with Crippen LogP contribution < -0.4 is 5.32 Å². The van der Waals surface area contributed by atoms with Crippen LogP contribution in [-0.4, -0.2) is 22.1 Å². The van der Waals surface area contributed by atoms with Gasteiger partial charge in [0.05, 0.1) is 12.1 Å². The van der Waals surface area contributed by atoms with Crippen LogP contribution in [0.4, 0.5) is 11.4 Å². The first-order valence-corrected chi connectivity index (χ1v) is 8.47. The second-order valence-corrected chi connectivity index (χ2v) is 6.63. The number of nitrogens with one attached hydrogen (secondary N) is 1. The summed E-state index contributed by atoms with van der Waals surface area (Å²) in [6.45, 7) is 2.01. The van der Waals surface area contributed by atoms with Gasteiger partial charge in [0.2, 0.25) is 5.88 Å². The number of azo groups is 1. The molecule has 0 aliphatic rings. The summed E-state index contributed by atoms with van der Waals surface area (Å²) in [6, 6.07) is 13.3. The van der Waals surface area contributed by atoms with Crippen molar-refractivity contribution >= 4 is 44.1 Å². The summed E-state index contributed by atoms with van der Waals surface area (Å²) in [7, 11) is 1.73. The van der Waals surface area contributed by atoms with Crippen molar-refractivity contribution in [3.8, 4) is 5.88 Å². The van der Waals surface area contributed by atoms with Crippen LogP contribution in [0.25, 0.3) is 10.9 Å². The Morgan fingerprint density at radius 1 is 1.28 bits per heavy atom. The number of benzene rings is 2. The van der Waals surface area contributed by atoms with E-state index in [1.54, 1.807) is 11.6 Å². The molecule has 0 unspecified atom stereocenters. The first-order valence-electron chi connectivity index (χ1n) is 7.67. The molecule has 0 saturated heterocycles. The number of anilines is 1. The minimum Gasteiger partial charge on any atom is -0.493 e. The smallest absolute Gasteiger partial charge is 0.283 e. The molecule has 0 atom stereocenters. The van der Waals surface area contributed by atoms with Crippen molar-refractivity contribution in [2.24, 2.45) is 17.3 Å².